The quantitative estimate of drug-likeness (QED) is 0.0243. The second kappa shape index (κ2) is 44.4. The molecule has 364 valence electrons. The fourth-order valence-electron chi connectivity index (χ4n) is 8.04. The van der Waals surface area contributed by atoms with E-state index in [0.717, 1.165) is 38.5 Å². The van der Waals surface area contributed by atoms with Crippen LogP contribution in [-0.2, 0) is 18.4 Å². The average molecular weight is 886 g/mol. The van der Waals surface area contributed by atoms with Crippen LogP contribution in [0.3, 0.4) is 0 Å². The first-order chi connectivity index (χ1) is 29.5. The molecule has 3 unspecified atom stereocenters. The van der Waals surface area contributed by atoms with Gasteiger partial charge in [0.1, 0.15) is 13.2 Å². The highest BCUT2D eigenvalue weighted by molar-refractivity contribution is 7.47. The Balaban J connectivity index is 4.03. The van der Waals surface area contributed by atoms with Gasteiger partial charge in [-0.2, -0.15) is 0 Å². The van der Waals surface area contributed by atoms with Gasteiger partial charge in [0.15, 0.2) is 0 Å². The first kappa shape index (κ1) is 60.2. The van der Waals surface area contributed by atoms with Crippen molar-refractivity contribution in [2.75, 3.05) is 40.9 Å². The molecule has 1 amide bonds. The Morgan fingerprint density at radius 1 is 0.541 bits per heavy atom. The maximum absolute atomic E-state index is 12.9. The van der Waals surface area contributed by atoms with Gasteiger partial charge in [0, 0.05) is 6.42 Å². The van der Waals surface area contributed by atoms with Crippen LogP contribution in [0.25, 0.3) is 0 Å². The Morgan fingerprint density at radius 3 is 1.26 bits per heavy atom. The molecule has 0 aliphatic carbocycles. The zero-order chi connectivity index (χ0) is 45.0. The summed E-state index contributed by atoms with van der Waals surface area (Å²) in [7, 11) is 1.62. The second-order valence-corrected chi connectivity index (χ2v) is 21.1. The number of hydrogen-bond acceptors (Lipinski definition) is 5. The highest BCUT2D eigenvalue weighted by atomic mass is 31.2. The van der Waals surface area contributed by atoms with Crippen molar-refractivity contribution in [2.45, 2.75) is 276 Å². The number of rotatable bonds is 49. The zero-order valence-electron chi connectivity index (χ0n) is 41.4. The molecule has 0 heterocycles. The number of phosphoric ester groups is 1. The van der Waals surface area contributed by atoms with Gasteiger partial charge in [-0.1, -0.05) is 231 Å². The molecule has 3 N–H and O–H groups in total. The normalized spacial score (nSPS) is 14.1. The van der Waals surface area contributed by atoms with Crippen LogP contribution in [0.2, 0.25) is 0 Å². The molecule has 0 bridgehead atoms. The summed E-state index contributed by atoms with van der Waals surface area (Å²) in [6.07, 6.45) is 52.7. The molecule has 0 spiro atoms. The Labute approximate surface area is 380 Å². The van der Waals surface area contributed by atoms with Gasteiger partial charge in [0.25, 0.3) is 0 Å². The predicted molar refractivity (Wildman–Crippen MR) is 263 cm³/mol. The summed E-state index contributed by atoms with van der Waals surface area (Å²) in [4.78, 5) is 23.2. The van der Waals surface area contributed by atoms with Crippen molar-refractivity contribution in [2.24, 2.45) is 0 Å². The van der Waals surface area contributed by atoms with Gasteiger partial charge in [-0.05, 0) is 38.5 Å². The van der Waals surface area contributed by atoms with Gasteiger partial charge in [-0.15, -0.1) is 0 Å². The molecule has 3 atom stereocenters. The van der Waals surface area contributed by atoms with Crippen molar-refractivity contribution >= 4 is 13.7 Å². The van der Waals surface area contributed by atoms with E-state index in [9.17, 15) is 19.4 Å². The van der Waals surface area contributed by atoms with Gasteiger partial charge in [-0.25, -0.2) is 4.57 Å². The van der Waals surface area contributed by atoms with Crippen LogP contribution < -0.4 is 5.32 Å². The lowest BCUT2D eigenvalue weighted by atomic mass is 10.0. The molecular weight excluding hydrogens is 780 g/mol. The number of carbonyl (C=O) groups excluding carboxylic acids is 1. The fourth-order valence-corrected chi connectivity index (χ4v) is 8.78. The Morgan fingerprint density at radius 2 is 0.885 bits per heavy atom. The lowest BCUT2D eigenvalue weighted by Gasteiger charge is -2.26. The molecular formula is C52H106N2O6P+. The third kappa shape index (κ3) is 47.0. The largest absolute Gasteiger partial charge is 0.472 e. The lowest BCUT2D eigenvalue weighted by molar-refractivity contribution is -0.870. The molecule has 0 aromatic rings. The van der Waals surface area contributed by atoms with Gasteiger partial charge in [0.2, 0.25) is 5.91 Å². The molecule has 0 aromatic carbocycles. The van der Waals surface area contributed by atoms with Crippen molar-refractivity contribution in [1.29, 1.82) is 0 Å². The molecule has 0 aromatic heterocycles. The molecule has 0 rings (SSSR count). The number of nitrogens with one attached hydrogen (secondary N) is 1. The molecule has 0 saturated carbocycles. The van der Waals surface area contributed by atoms with E-state index >= 15 is 0 Å². The van der Waals surface area contributed by atoms with Crippen LogP contribution in [0, 0.1) is 0 Å². The first-order valence-electron chi connectivity index (χ1n) is 26.6. The Kier molecular flexibility index (Phi) is 43.9. The number of likely N-dealkylation sites (N-methyl/N-ethyl adjacent to an activating group) is 1. The van der Waals surface area contributed by atoms with Crippen molar-refractivity contribution in [3.63, 3.8) is 0 Å². The minimum atomic E-state index is -4.31. The summed E-state index contributed by atoms with van der Waals surface area (Å²) in [5, 5.41) is 14.0. The summed E-state index contributed by atoms with van der Waals surface area (Å²) in [6.45, 7) is 4.90. The van der Waals surface area contributed by atoms with E-state index in [1.165, 1.54) is 199 Å². The molecule has 0 saturated heterocycles. The highest BCUT2D eigenvalue weighted by Gasteiger charge is 2.28. The average Bonchev–Trinajstić information content (AvgIpc) is 3.21. The van der Waals surface area contributed by atoms with Crippen LogP contribution in [0.15, 0.2) is 12.2 Å². The van der Waals surface area contributed by atoms with E-state index in [1.54, 1.807) is 0 Å². The standard InChI is InChI=1S/C52H105N2O6P/c1-6-8-10-12-14-16-18-19-20-21-22-23-24-25-26-27-28-29-30-31-32-33-34-36-38-40-42-44-46-52(56)53-50(49-60-61(57,58)59-48-47-54(3,4)5)51(55)45-43-41-39-37-35-17-15-13-11-9-7-2/h25-26,50-51,55H,6-24,27-49H2,1-5H3,(H-,53,56,57,58)/p+1/b26-25-. The first-order valence-corrected chi connectivity index (χ1v) is 28.0. The van der Waals surface area contributed by atoms with Crippen LogP contribution in [0.1, 0.15) is 264 Å². The monoisotopic (exact) mass is 886 g/mol. The van der Waals surface area contributed by atoms with Crippen LogP contribution in [0.5, 0.6) is 0 Å². The van der Waals surface area contributed by atoms with Gasteiger partial charge >= 0.3 is 7.82 Å². The molecule has 0 radical (unpaired) electrons. The summed E-state index contributed by atoms with van der Waals surface area (Å²) in [6, 6.07) is -0.756. The van der Waals surface area contributed by atoms with Crippen LogP contribution in [-0.4, -0.2) is 73.4 Å². The molecule has 0 fully saturated rings. The van der Waals surface area contributed by atoms with E-state index in [2.05, 4.69) is 31.3 Å². The highest BCUT2D eigenvalue weighted by Crippen LogP contribution is 2.43. The molecule has 61 heavy (non-hydrogen) atoms. The lowest BCUT2D eigenvalue weighted by Crippen LogP contribution is -2.46. The SMILES string of the molecule is CCCCCCCCCCCCCC/C=C\CCCCCCCCCCCCCCC(=O)NC(COP(=O)(O)OCC[N+](C)(C)C)C(O)CCCCCCCCCCCCC. The topological polar surface area (TPSA) is 105 Å². The van der Waals surface area contributed by atoms with E-state index in [1.807, 2.05) is 21.1 Å². The number of carbonyl (C=O) groups is 1. The minimum Gasteiger partial charge on any atom is -0.391 e. The number of aliphatic hydroxyl groups excluding tert-OH is 1. The fraction of sp³-hybridized carbons (Fsp3) is 0.942. The number of allylic oxidation sites excluding steroid dienone is 2. The summed E-state index contributed by atoms with van der Waals surface area (Å²) >= 11 is 0. The van der Waals surface area contributed by atoms with E-state index in [4.69, 9.17) is 9.05 Å². The summed E-state index contributed by atoms with van der Waals surface area (Å²) in [5.41, 5.74) is 0. The summed E-state index contributed by atoms with van der Waals surface area (Å²) < 4.78 is 23.7. The van der Waals surface area contributed by atoms with E-state index in [0.29, 0.717) is 23.9 Å². The Bertz CT molecular complexity index is 1000. The maximum atomic E-state index is 12.9. The predicted octanol–water partition coefficient (Wildman–Crippen LogP) is 15.5. The number of hydrogen-bond donors (Lipinski definition) is 3. The second-order valence-electron chi connectivity index (χ2n) is 19.6. The van der Waals surface area contributed by atoms with Gasteiger partial charge in [0.05, 0.1) is 39.9 Å². The van der Waals surface area contributed by atoms with Crippen LogP contribution in [0.4, 0.5) is 0 Å². The van der Waals surface area contributed by atoms with Crippen molar-refractivity contribution < 1.29 is 32.9 Å². The van der Waals surface area contributed by atoms with Crippen molar-refractivity contribution in [3.8, 4) is 0 Å². The minimum absolute atomic E-state index is 0.0768. The molecule has 9 heteroatoms. The van der Waals surface area contributed by atoms with Crippen LogP contribution >= 0.6 is 7.82 Å². The number of nitrogens with zero attached hydrogens (tertiary/aromatic N) is 1. The third-order valence-corrected chi connectivity index (χ3v) is 13.2. The number of amides is 1. The van der Waals surface area contributed by atoms with Gasteiger partial charge in [-0.3, -0.25) is 13.8 Å². The summed E-state index contributed by atoms with van der Waals surface area (Å²) in [5.74, 6) is -0.142. The third-order valence-electron chi connectivity index (χ3n) is 12.3. The smallest absolute Gasteiger partial charge is 0.391 e. The maximum Gasteiger partial charge on any atom is 0.472 e. The van der Waals surface area contributed by atoms with Gasteiger partial charge < -0.3 is 19.8 Å². The number of aliphatic hydroxyl groups is 1. The van der Waals surface area contributed by atoms with E-state index in [-0.39, 0.29) is 19.1 Å². The number of phosphoric acid groups is 1. The van der Waals surface area contributed by atoms with E-state index < -0.39 is 20.0 Å². The number of unbranched alkanes of at least 4 members (excludes halogenated alkanes) is 34. The van der Waals surface area contributed by atoms with Crippen molar-refractivity contribution in [3.05, 3.63) is 12.2 Å². The molecule has 0 aliphatic heterocycles. The molecule has 8 nitrogen and oxygen atoms in total. The van der Waals surface area contributed by atoms with Crippen molar-refractivity contribution in [1.82, 2.24) is 5.32 Å². The number of quaternary nitrogens is 1. The molecule has 0 aliphatic rings. The zero-order valence-corrected chi connectivity index (χ0v) is 42.3. The Hall–Kier alpha value is -0.760.